The minimum Gasteiger partial charge on any atom is -0.373 e. The van der Waals surface area contributed by atoms with Crippen LogP contribution in [-0.4, -0.2) is 38.2 Å². The molecule has 1 fully saturated rings. The van der Waals surface area contributed by atoms with Crippen LogP contribution in [-0.2, 0) is 15.8 Å². The SMILES string of the molecule is CCOC1(CS(=O)O)CCSC1. The van der Waals surface area contributed by atoms with E-state index in [1.807, 2.05) is 6.92 Å². The highest BCUT2D eigenvalue weighted by atomic mass is 32.2. The first-order chi connectivity index (χ1) is 5.68. The second kappa shape index (κ2) is 4.60. The van der Waals surface area contributed by atoms with E-state index in [-0.39, 0.29) is 11.4 Å². The molecule has 0 aromatic carbocycles. The van der Waals surface area contributed by atoms with Gasteiger partial charge in [-0.3, -0.25) is 0 Å². The van der Waals surface area contributed by atoms with Gasteiger partial charge in [-0.1, -0.05) is 0 Å². The van der Waals surface area contributed by atoms with E-state index in [1.54, 1.807) is 11.8 Å². The van der Waals surface area contributed by atoms with Gasteiger partial charge in [0.15, 0.2) is 11.1 Å². The second-order valence-electron chi connectivity index (χ2n) is 2.88. The lowest BCUT2D eigenvalue weighted by Crippen LogP contribution is -2.38. The topological polar surface area (TPSA) is 46.5 Å². The molecule has 0 aromatic heterocycles. The van der Waals surface area contributed by atoms with Gasteiger partial charge in [-0.2, -0.15) is 11.8 Å². The third-order valence-corrected chi connectivity index (χ3v) is 3.90. The predicted octanol–water partition coefficient (Wildman–Crippen LogP) is 1.12. The Morgan fingerprint density at radius 2 is 2.50 bits per heavy atom. The number of thioether (sulfide) groups is 1. The van der Waals surface area contributed by atoms with Crippen molar-refractivity contribution in [2.45, 2.75) is 18.9 Å². The summed E-state index contributed by atoms with van der Waals surface area (Å²) in [5.74, 6) is 2.15. The van der Waals surface area contributed by atoms with Crippen LogP contribution >= 0.6 is 11.8 Å². The molecule has 1 heterocycles. The molecule has 72 valence electrons. The summed E-state index contributed by atoms with van der Waals surface area (Å²) in [4.78, 5) is 0. The summed E-state index contributed by atoms with van der Waals surface area (Å²) in [7, 11) is 0. The van der Waals surface area contributed by atoms with Gasteiger partial charge in [0.1, 0.15) is 0 Å². The zero-order chi connectivity index (χ0) is 9.03. The quantitative estimate of drug-likeness (QED) is 0.706. The fourth-order valence-electron chi connectivity index (χ4n) is 1.39. The van der Waals surface area contributed by atoms with E-state index in [2.05, 4.69) is 0 Å². The fourth-order valence-corrected chi connectivity index (χ4v) is 3.66. The van der Waals surface area contributed by atoms with Crippen molar-refractivity contribution in [1.82, 2.24) is 0 Å². The van der Waals surface area contributed by atoms with Crippen LogP contribution in [0.4, 0.5) is 0 Å². The van der Waals surface area contributed by atoms with Crippen LogP contribution in [0.1, 0.15) is 13.3 Å². The van der Waals surface area contributed by atoms with E-state index < -0.39 is 11.1 Å². The third kappa shape index (κ3) is 2.73. The molecule has 1 aliphatic heterocycles. The van der Waals surface area contributed by atoms with Crippen LogP contribution in [0, 0.1) is 0 Å². The van der Waals surface area contributed by atoms with Crippen LogP contribution in [0.15, 0.2) is 0 Å². The van der Waals surface area contributed by atoms with Crippen LogP contribution in [0.25, 0.3) is 0 Å². The Morgan fingerprint density at radius 3 is 2.92 bits per heavy atom. The van der Waals surface area contributed by atoms with E-state index in [1.165, 1.54) is 0 Å². The molecule has 0 saturated carbocycles. The van der Waals surface area contributed by atoms with Crippen molar-refractivity contribution in [1.29, 1.82) is 0 Å². The molecule has 0 bridgehead atoms. The molecule has 2 atom stereocenters. The highest BCUT2D eigenvalue weighted by Crippen LogP contribution is 2.31. The molecule has 0 amide bonds. The molecule has 1 aliphatic rings. The normalized spacial score (nSPS) is 32.2. The minimum atomic E-state index is -1.73. The van der Waals surface area contributed by atoms with Crippen molar-refractivity contribution in [3.63, 3.8) is 0 Å². The zero-order valence-corrected chi connectivity index (χ0v) is 8.75. The summed E-state index contributed by atoms with van der Waals surface area (Å²) in [6.45, 7) is 2.54. The number of ether oxygens (including phenoxy) is 1. The van der Waals surface area contributed by atoms with Gasteiger partial charge < -0.3 is 9.29 Å². The summed E-state index contributed by atoms with van der Waals surface area (Å²) in [6.07, 6.45) is 0.901. The first kappa shape index (κ1) is 10.5. The Labute approximate surface area is 79.5 Å². The fraction of sp³-hybridized carbons (Fsp3) is 1.00. The summed E-state index contributed by atoms with van der Waals surface area (Å²) in [5.41, 5.74) is -0.320. The van der Waals surface area contributed by atoms with Gasteiger partial charge in [0.25, 0.3) is 0 Å². The number of rotatable bonds is 4. The molecule has 0 aromatic rings. The number of hydrogen-bond acceptors (Lipinski definition) is 3. The standard InChI is InChI=1S/C7H14O3S2/c1-2-10-7(6-12(8)9)3-4-11-5-7/h2-6H2,1H3,(H,8,9). The third-order valence-electron chi connectivity index (χ3n) is 1.90. The van der Waals surface area contributed by atoms with Crippen LogP contribution < -0.4 is 0 Å². The molecule has 2 unspecified atom stereocenters. The Bertz CT molecular complexity index is 166. The first-order valence-electron chi connectivity index (χ1n) is 3.98. The van der Waals surface area contributed by atoms with Gasteiger partial charge in [-0.25, -0.2) is 4.21 Å². The molecule has 0 aliphatic carbocycles. The maximum Gasteiger partial charge on any atom is 0.155 e. The van der Waals surface area contributed by atoms with Crippen molar-refractivity contribution in [2.24, 2.45) is 0 Å². The average Bonchev–Trinajstić information content (AvgIpc) is 2.36. The lowest BCUT2D eigenvalue weighted by molar-refractivity contribution is -0.000856. The zero-order valence-electron chi connectivity index (χ0n) is 7.12. The van der Waals surface area contributed by atoms with Crippen LogP contribution in [0.3, 0.4) is 0 Å². The Morgan fingerprint density at radius 1 is 1.75 bits per heavy atom. The van der Waals surface area contributed by atoms with E-state index in [4.69, 9.17) is 9.29 Å². The highest BCUT2D eigenvalue weighted by molar-refractivity contribution is 7.99. The molecule has 0 radical (unpaired) electrons. The van der Waals surface area contributed by atoms with Gasteiger partial charge in [0.05, 0.1) is 11.4 Å². The smallest absolute Gasteiger partial charge is 0.155 e. The Kier molecular flexibility index (Phi) is 4.02. The predicted molar refractivity (Wildman–Crippen MR) is 51.9 cm³/mol. The molecule has 0 spiro atoms. The molecule has 5 heteroatoms. The Balaban J connectivity index is 2.52. The van der Waals surface area contributed by atoms with Gasteiger partial charge in [-0.15, -0.1) is 0 Å². The lowest BCUT2D eigenvalue weighted by Gasteiger charge is -2.26. The van der Waals surface area contributed by atoms with E-state index in [0.717, 1.165) is 17.9 Å². The van der Waals surface area contributed by atoms with Crippen LogP contribution in [0.5, 0.6) is 0 Å². The van der Waals surface area contributed by atoms with E-state index in [9.17, 15) is 4.21 Å². The molecule has 1 N–H and O–H groups in total. The molecular formula is C7H14O3S2. The molecule has 12 heavy (non-hydrogen) atoms. The molecule has 3 nitrogen and oxygen atoms in total. The average molecular weight is 210 g/mol. The lowest BCUT2D eigenvalue weighted by atomic mass is 10.1. The van der Waals surface area contributed by atoms with Crippen molar-refractivity contribution in [2.75, 3.05) is 23.9 Å². The van der Waals surface area contributed by atoms with Crippen molar-refractivity contribution in [3.05, 3.63) is 0 Å². The monoisotopic (exact) mass is 210 g/mol. The van der Waals surface area contributed by atoms with Gasteiger partial charge >= 0.3 is 0 Å². The van der Waals surface area contributed by atoms with Crippen LogP contribution in [0.2, 0.25) is 0 Å². The minimum absolute atomic E-state index is 0.258. The molecule has 1 saturated heterocycles. The first-order valence-corrected chi connectivity index (χ1v) is 6.41. The summed E-state index contributed by atoms with van der Waals surface area (Å²) in [6, 6.07) is 0. The van der Waals surface area contributed by atoms with Gasteiger partial charge in [-0.05, 0) is 19.1 Å². The molecular weight excluding hydrogens is 196 g/mol. The maximum absolute atomic E-state index is 10.7. The maximum atomic E-state index is 10.7. The summed E-state index contributed by atoms with van der Waals surface area (Å²) < 4.78 is 25.0. The Hall–Kier alpha value is 0.420. The van der Waals surface area contributed by atoms with Crippen molar-refractivity contribution in [3.8, 4) is 0 Å². The van der Waals surface area contributed by atoms with Crippen molar-refractivity contribution >= 4 is 22.8 Å². The summed E-state index contributed by atoms with van der Waals surface area (Å²) >= 11 is 0.0579. The van der Waals surface area contributed by atoms with E-state index >= 15 is 0 Å². The van der Waals surface area contributed by atoms with Gasteiger partial charge in [0, 0.05) is 12.4 Å². The van der Waals surface area contributed by atoms with Gasteiger partial charge in [0.2, 0.25) is 0 Å². The highest BCUT2D eigenvalue weighted by Gasteiger charge is 2.36. The largest absolute Gasteiger partial charge is 0.373 e. The molecule has 1 rings (SSSR count). The number of hydrogen-bond donors (Lipinski definition) is 1. The summed E-state index contributed by atoms with van der Waals surface area (Å²) in [5, 5.41) is 0. The second-order valence-corrected chi connectivity index (χ2v) is 4.92. The van der Waals surface area contributed by atoms with E-state index in [0.29, 0.717) is 6.61 Å². The van der Waals surface area contributed by atoms with Crippen molar-refractivity contribution < 1.29 is 13.5 Å².